The average Bonchev–Trinajstić information content (AvgIpc) is 3.43. The summed E-state index contributed by atoms with van der Waals surface area (Å²) in [6.45, 7) is 2.14. The molecule has 0 saturated carbocycles. The molecule has 1 aromatic heterocycles. The highest BCUT2D eigenvalue weighted by Gasteiger charge is 2.35. The summed E-state index contributed by atoms with van der Waals surface area (Å²) in [4.78, 5) is 20.0. The van der Waals surface area contributed by atoms with Gasteiger partial charge in [0, 0.05) is 49.1 Å². The second-order valence-electron chi connectivity index (χ2n) is 9.43. The lowest BCUT2D eigenvalue weighted by molar-refractivity contribution is -0.121. The van der Waals surface area contributed by atoms with Crippen molar-refractivity contribution in [2.75, 3.05) is 18.4 Å². The van der Waals surface area contributed by atoms with Crippen molar-refractivity contribution in [3.63, 3.8) is 0 Å². The first-order valence-corrected chi connectivity index (χ1v) is 13.6. The van der Waals surface area contributed by atoms with Crippen LogP contribution in [-0.2, 0) is 27.8 Å². The molecule has 0 radical (unpaired) electrons. The Labute approximate surface area is 204 Å². The van der Waals surface area contributed by atoms with Gasteiger partial charge in [0.2, 0.25) is 5.91 Å². The molecule has 0 aliphatic carbocycles. The number of amidine groups is 1. The number of carbonyl (C=O) groups excluding carboxylic acids is 1. The molecule has 2 aromatic carbocycles. The summed E-state index contributed by atoms with van der Waals surface area (Å²) >= 11 is 0. The van der Waals surface area contributed by atoms with Gasteiger partial charge in [-0.25, -0.2) is 4.98 Å². The molecule has 3 aliphatic rings. The van der Waals surface area contributed by atoms with Gasteiger partial charge in [0.25, 0.3) is 10.0 Å². The number of aryl methyl sites for hydroxylation is 2. The van der Waals surface area contributed by atoms with Gasteiger partial charge >= 0.3 is 0 Å². The van der Waals surface area contributed by atoms with E-state index in [2.05, 4.69) is 20.5 Å². The van der Waals surface area contributed by atoms with Crippen LogP contribution in [0.1, 0.15) is 37.1 Å². The lowest BCUT2D eigenvalue weighted by atomic mass is 9.96. The van der Waals surface area contributed by atoms with Crippen molar-refractivity contribution in [3.05, 3.63) is 66.1 Å². The Morgan fingerprint density at radius 2 is 1.83 bits per heavy atom. The van der Waals surface area contributed by atoms with Crippen LogP contribution in [0.5, 0.6) is 0 Å². The highest BCUT2D eigenvalue weighted by molar-refractivity contribution is 7.90. The van der Waals surface area contributed by atoms with Gasteiger partial charge in [-0.2, -0.15) is 8.42 Å². The zero-order valence-corrected chi connectivity index (χ0v) is 20.2. The lowest BCUT2D eigenvalue weighted by Gasteiger charge is -2.33. The number of amides is 1. The van der Waals surface area contributed by atoms with Crippen molar-refractivity contribution in [1.29, 1.82) is 0 Å². The Kier molecular flexibility index (Phi) is 5.44. The molecule has 0 spiro atoms. The van der Waals surface area contributed by atoms with Gasteiger partial charge in [-0.1, -0.05) is 24.3 Å². The number of nitrogens with one attached hydrogen (secondary N) is 1. The fourth-order valence-electron chi connectivity index (χ4n) is 5.22. The third-order valence-corrected chi connectivity index (χ3v) is 8.39. The summed E-state index contributed by atoms with van der Waals surface area (Å²) in [7, 11) is -3.68. The molecular formula is C26H27N5O3S. The Bertz CT molecular complexity index is 1400. The van der Waals surface area contributed by atoms with Crippen molar-refractivity contribution in [3.8, 4) is 11.3 Å². The van der Waals surface area contributed by atoms with E-state index in [0.717, 1.165) is 48.6 Å². The highest BCUT2D eigenvalue weighted by Crippen LogP contribution is 2.30. The van der Waals surface area contributed by atoms with Crippen LogP contribution in [0, 0.1) is 5.92 Å². The van der Waals surface area contributed by atoms with Gasteiger partial charge in [0.1, 0.15) is 10.7 Å². The summed E-state index contributed by atoms with van der Waals surface area (Å²) in [5, 5.41) is 3.04. The summed E-state index contributed by atoms with van der Waals surface area (Å²) in [5.41, 5.74) is 3.36. The quantitative estimate of drug-likeness (QED) is 0.605. The SMILES string of the molecule is O=C(Nc1ccc(-c2cn3c(n2)CCCC3)cc1)C1CCCN(C2=NS(=O)(=O)c3ccccc32)C1. The molecule has 180 valence electrons. The summed E-state index contributed by atoms with van der Waals surface area (Å²) in [6.07, 6.45) is 7.07. The number of piperidine rings is 1. The Morgan fingerprint density at radius 1 is 1.00 bits per heavy atom. The largest absolute Gasteiger partial charge is 0.355 e. The molecule has 35 heavy (non-hydrogen) atoms. The van der Waals surface area contributed by atoms with Gasteiger partial charge in [-0.15, -0.1) is 4.40 Å². The highest BCUT2D eigenvalue weighted by atomic mass is 32.2. The molecule has 4 heterocycles. The summed E-state index contributed by atoms with van der Waals surface area (Å²) in [5.74, 6) is 1.29. The molecule has 1 fully saturated rings. The predicted octanol–water partition coefficient (Wildman–Crippen LogP) is 3.69. The van der Waals surface area contributed by atoms with Crippen molar-refractivity contribution in [1.82, 2.24) is 14.5 Å². The maximum Gasteiger partial charge on any atom is 0.285 e. The van der Waals surface area contributed by atoms with Crippen molar-refractivity contribution in [2.24, 2.45) is 10.3 Å². The van der Waals surface area contributed by atoms with E-state index in [0.29, 0.717) is 24.5 Å². The van der Waals surface area contributed by atoms with Gasteiger partial charge in [-0.3, -0.25) is 4.79 Å². The first-order valence-electron chi connectivity index (χ1n) is 12.1. The molecule has 3 aliphatic heterocycles. The zero-order chi connectivity index (χ0) is 24.0. The van der Waals surface area contributed by atoms with Gasteiger partial charge in [0.05, 0.1) is 11.6 Å². The van der Waals surface area contributed by atoms with Crippen LogP contribution < -0.4 is 5.32 Å². The molecule has 0 bridgehead atoms. The third-order valence-electron chi connectivity index (χ3n) is 7.06. The molecule has 8 nitrogen and oxygen atoms in total. The number of aromatic nitrogens is 2. The number of likely N-dealkylation sites (tertiary alicyclic amines) is 1. The van der Waals surface area contributed by atoms with Crippen LogP contribution in [-0.4, -0.2) is 47.7 Å². The smallest absolute Gasteiger partial charge is 0.285 e. The van der Waals surface area contributed by atoms with Gasteiger partial charge < -0.3 is 14.8 Å². The van der Waals surface area contributed by atoms with Crippen LogP contribution in [0.3, 0.4) is 0 Å². The number of hydrogen-bond acceptors (Lipinski definition) is 5. The van der Waals surface area contributed by atoms with E-state index in [1.165, 1.54) is 12.8 Å². The molecular weight excluding hydrogens is 462 g/mol. The van der Waals surface area contributed by atoms with Gasteiger partial charge in [-0.05, 0) is 49.9 Å². The number of carbonyl (C=O) groups is 1. The Morgan fingerprint density at radius 3 is 2.66 bits per heavy atom. The van der Waals surface area contributed by atoms with E-state index < -0.39 is 10.0 Å². The molecule has 1 saturated heterocycles. The Balaban J connectivity index is 1.14. The predicted molar refractivity (Wildman–Crippen MR) is 134 cm³/mol. The van der Waals surface area contributed by atoms with Gasteiger partial charge in [0.15, 0.2) is 5.84 Å². The van der Waals surface area contributed by atoms with E-state index in [4.69, 9.17) is 4.98 Å². The number of hydrogen-bond donors (Lipinski definition) is 1. The zero-order valence-electron chi connectivity index (χ0n) is 19.4. The van der Waals surface area contributed by atoms with Crippen molar-refractivity contribution in [2.45, 2.75) is 43.5 Å². The molecule has 1 atom stereocenters. The first kappa shape index (κ1) is 22.0. The van der Waals surface area contributed by atoms with E-state index in [1.807, 2.05) is 35.2 Å². The second-order valence-corrected chi connectivity index (χ2v) is 11.0. The second kappa shape index (κ2) is 8.64. The lowest BCUT2D eigenvalue weighted by Crippen LogP contribution is -2.43. The number of anilines is 1. The molecule has 9 heteroatoms. The fraction of sp³-hybridized carbons (Fsp3) is 0.346. The van der Waals surface area contributed by atoms with Crippen molar-refractivity contribution >= 4 is 27.5 Å². The normalized spacial score (nSPS) is 20.6. The van der Waals surface area contributed by atoms with Crippen molar-refractivity contribution < 1.29 is 13.2 Å². The van der Waals surface area contributed by atoms with E-state index in [-0.39, 0.29) is 16.7 Å². The molecule has 3 aromatic rings. The molecule has 1 N–H and O–H groups in total. The summed E-state index contributed by atoms with van der Waals surface area (Å²) < 4.78 is 31.2. The molecule has 1 amide bonds. The van der Waals surface area contributed by atoms with Crippen LogP contribution in [0.15, 0.2) is 64.0 Å². The minimum atomic E-state index is -3.68. The fourth-order valence-corrected chi connectivity index (χ4v) is 6.45. The Hall–Kier alpha value is -3.46. The molecule has 1 unspecified atom stereocenters. The standard InChI is InChI=1S/C26H27N5O3S/c32-26(27-20-12-10-18(11-13-20)22-17-30-14-4-3-9-24(30)28-22)19-6-5-15-31(16-19)25-21-7-1-2-8-23(21)35(33,34)29-25/h1-2,7-8,10-13,17,19H,3-6,9,14-16H2,(H,27,32). The maximum absolute atomic E-state index is 13.1. The minimum Gasteiger partial charge on any atom is -0.355 e. The number of sulfonamides is 1. The molecule has 6 rings (SSSR count). The average molecular weight is 490 g/mol. The monoisotopic (exact) mass is 489 g/mol. The van der Waals surface area contributed by atoms with Crippen LogP contribution in [0.2, 0.25) is 0 Å². The van der Waals surface area contributed by atoms with Crippen LogP contribution in [0.4, 0.5) is 5.69 Å². The van der Waals surface area contributed by atoms with E-state index in [1.54, 1.807) is 18.2 Å². The van der Waals surface area contributed by atoms with E-state index >= 15 is 0 Å². The number of fused-ring (bicyclic) bond motifs is 2. The maximum atomic E-state index is 13.1. The number of rotatable bonds is 3. The first-order chi connectivity index (χ1) is 17.0. The number of benzene rings is 2. The number of imidazole rings is 1. The topological polar surface area (TPSA) is 96.7 Å². The summed E-state index contributed by atoms with van der Waals surface area (Å²) in [6, 6.07) is 14.7. The van der Waals surface area contributed by atoms with E-state index in [9.17, 15) is 13.2 Å². The van der Waals surface area contributed by atoms with Crippen LogP contribution in [0.25, 0.3) is 11.3 Å². The number of nitrogens with zero attached hydrogens (tertiary/aromatic N) is 4. The third kappa shape index (κ3) is 4.14. The van der Waals surface area contributed by atoms with Crippen LogP contribution >= 0.6 is 0 Å². The minimum absolute atomic E-state index is 0.0605.